The molecule has 0 bridgehead atoms. The van der Waals surface area contributed by atoms with Crippen LogP contribution in [0.5, 0.6) is 0 Å². The third kappa shape index (κ3) is 1.90. The Morgan fingerprint density at radius 1 is 1.10 bits per heavy atom. The third-order valence-corrected chi connectivity index (χ3v) is 4.06. The van der Waals surface area contributed by atoms with E-state index in [2.05, 4.69) is 34.6 Å². The Bertz CT molecular complexity index is 781. The number of halogens is 1. The second-order valence-corrected chi connectivity index (χ2v) is 5.45. The summed E-state index contributed by atoms with van der Waals surface area (Å²) in [5.41, 5.74) is 4.18. The van der Waals surface area contributed by atoms with Crippen LogP contribution in [0, 0.1) is 0 Å². The highest BCUT2D eigenvalue weighted by Gasteiger charge is 2.23. The van der Waals surface area contributed by atoms with Crippen molar-refractivity contribution in [2.24, 2.45) is 0 Å². The van der Waals surface area contributed by atoms with Gasteiger partial charge >= 0.3 is 0 Å². The molecule has 3 aromatic rings. The molecule has 1 aliphatic heterocycles. The molecule has 3 nitrogen and oxygen atoms in total. The lowest BCUT2D eigenvalue weighted by Crippen LogP contribution is -2.28. The van der Waals surface area contributed by atoms with Crippen molar-refractivity contribution < 1.29 is 4.42 Å². The van der Waals surface area contributed by atoms with Crippen LogP contribution >= 0.6 is 11.6 Å². The fraction of sp³-hybridized carbons (Fsp3) is 0.188. The van der Waals surface area contributed by atoms with Crippen LogP contribution in [0.1, 0.15) is 23.1 Å². The molecule has 20 heavy (non-hydrogen) atoms. The molecule has 0 spiro atoms. The van der Waals surface area contributed by atoms with Gasteiger partial charge in [-0.25, -0.2) is 4.98 Å². The van der Waals surface area contributed by atoms with Crippen LogP contribution in [0.25, 0.3) is 11.1 Å². The minimum atomic E-state index is 0.105. The lowest BCUT2D eigenvalue weighted by Gasteiger charge is -2.23. The third-order valence-electron chi connectivity index (χ3n) is 3.76. The molecule has 0 saturated carbocycles. The number of nitrogens with one attached hydrogen (secondary N) is 1. The van der Waals surface area contributed by atoms with Crippen molar-refractivity contribution in [1.29, 1.82) is 0 Å². The van der Waals surface area contributed by atoms with Gasteiger partial charge in [-0.05, 0) is 29.7 Å². The number of nitrogens with zero attached hydrogens (tertiary/aromatic N) is 1. The average molecular weight is 285 g/mol. The molecular formula is C16H13ClN2O. The molecule has 0 saturated heterocycles. The van der Waals surface area contributed by atoms with Crippen molar-refractivity contribution in [2.45, 2.75) is 19.0 Å². The summed E-state index contributed by atoms with van der Waals surface area (Å²) in [6.07, 6.45) is 0.889. The molecule has 2 heterocycles. The van der Waals surface area contributed by atoms with E-state index in [4.69, 9.17) is 16.0 Å². The number of rotatable bonds is 1. The average Bonchev–Trinajstić information content (AvgIpc) is 2.92. The molecule has 1 aromatic heterocycles. The molecular weight excluding hydrogens is 272 g/mol. The number of aromatic nitrogens is 1. The van der Waals surface area contributed by atoms with E-state index >= 15 is 0 Å². The van der Waals surface area contributed by atoms with Gasteiger partial charge in [-0.3, -0.25) is 0 Å². The summed E-state index contributed by atoms with van der Waals surface area (Å²) in [6.45, 7) is 0.841. The Labute approximate surface area is 121 Å². The topological polar surface area (TPSA) is 38.1 Å². The summed E-state index contributed by atoms with van der Waals surface area (Å²) in [6, 6.07) is 14.2. The van der Waals surface area contributed by atoms with E-state index in [0.717, 1.165) is 18.5 Å². The minimum Gasteiger partial charge on any atom is -0.437 e. The predicted molar refractivity (Wildman–Crippen MR) is 78.7 cm³/mol. The van der Waals surface area contributed by atoms with E-state index in [1.54, 1.807) is 0 Å². The zero-order chi connectivity index (χ0) is 13.5. The van der Waals surface area contributed by atoms with Crippen LogP contribution in [-0.2, 0) is 13.0 Å². The summed E-state index contributed by atoms with van der Waals surface area (Å²) < 4.78 is 5.85. The van der Waals surface area contributed by atoms with E-state index < -0.39 is 0 Å². The fourth-order valence-electron chi connectivity index (χ4n) is 2.71. The summed E-state index contributed by atoms with van der Waals surface area (Å²) in [7, 11) is 0. The van der Waals surface area contributed by atoms with E-state index in [1.807, 2.05) is 18.2 Å². The summed E-state index contributed by atoms with van der Waals surface area (Å²) in [5.74, 6) is 0.711. The zero-order valence-corrected chi connectivity index (χ0v) is 11.5. The van der Waals surface area contributed by atoms with Gasteiger partial charge in [-0.15, -0.1) is 0 Å². The second kappa shape index (κ2) is 4.62. The van der Waals surface area contributed by atoms with Crippen LogP contribution in [0.4, 0.5) is 0 Å². The molecule has 1 atom stereocenters. The smallest absolute Gasteiger partial charge is 0.213 e. The first-order valence-corrected chi connectivity index (χ1v) is 7.04. The first-order chi connectivity index (χ1) is 9.81. The van der Waals surface area contributed by atoms with Crippen LogP contribution in [0.15, 0.2) is 46.9 Å². The van der Waals surface area contributed by atoms with Gasteiger partial charge in [0.1, 0.15) is 5.52 Å². The quantitative estimate of drug-likeness (QED) is 0.737. The zero-order valence-electron chi connectivity index (χ0n) is 10.8. The first kappa shape index (κ1) is 11.9. The van der Waals surface area contributed by atoms with Crippen molar-refractivity contribution in [3.8, 4) is 0 Å². The maximum Gasteiger partial charge on any atom is 0.213 e. The summed E-state index contributed by atoms with van der Waals surface area (Å²) in [5, 5.41) is 4.08. The maximum atomic E-state index is 6.14. The summed E-state index contributed by atoms with van der Waals surface area (Å²) in [4.78, 5) is 4.56. The first-order valence-electron chi connectivity index (χ1n) is 6.66. The highest BCUT2D eigenvalue weighted by Crippen LogP contribution is 2.30. The lowest BCUT2D eigenvalue weighted by atomic mass is 9.96. The van der Waals surface area contributed by atoms with E-state index in [1.165, 1.54) is 11.1 Å². The molecule has 4 rings (SSSR count). The molecule has 0 fully saturated rings. The number of hydrogen-bond donors (Lipinski definition) is 1. The molecule has 1 aliphatic rings. The number of para-hydroxylation sites is 1. The SMILES string of the molecule is Clc1cccc2nc(C3Cc4ccccc4CN3)oc12. The van der Waals surface area contributed by atoms with E-state index in [-0.39, 0.29) is 6.04 Å². The highest BCUT2D eigenvalue weighted by atomic mass is 35.5. The Balaban J connectivity index is 1.72. The maximum absolute atomic E-state index is 6.14. The Morgan fingerprint density at radius 3 is 2.80 bits per heavy atom. The minimum absolute atomic E-state index is 0.105. The monoisotopic (exact) mass is 284 g/mol. The van der Waals surface area contributed by atoms with Gasteiger partial charge in [0.05, 0.1) is 11.1 Å². The van der Waals surface area contributed by atoms with Crippen LogP contribution in [0.3, 0.4) is 0 Å². The molecule has 2 aromatic carbocycles. The van der Waals surface area contributed by atoms with Gasteiger partial charge in [0.2, 0.25) is 5.89 Å². The molecule has 1 unspecified atom stereocenters. The summed E-state index contributed by atoms with van der Waals surface area (Å²) >= 11 is 6.14. The van der Waals surface area contributed by atoms with Gasteiger partial charge in [0.25, 0.3) is 0 Å². The van der Waals surface area contributed by atoms with Crippen molar-refractivity contribution >= 4 is 22.7 Å². The molecule has 1 N–H and O–H groups in total. The fourth-order valence-corrected chi connectivity index (χ4v) is 2.92. The van der Waals surface area contributed by atoms with Crippen molar-refractivity contribution in [3.63, 3.8) is 0 Å². The van der Waals surface area contributed by atoms with Crippen LogP contribution in [0.2, 0.25) is 5.02 Å². The standard InChI is InChI=1S/C16H13ClN2O/c17-12-6-3-7-13-15(12)20-16(19-13)14-8-10-4-1-2-5-11(10)9-18-14/h1-7,14,18H,8-9H2. The largest absolute Gasteiger partial charge is 0.437 e. The van der Waals surface area contributed by atoms with Gasteiger partial charge in [0, 0.05) is 6.54 Å². The predicted octanol–water partition coefficient (Wildman–Crippen LogP) is 3.87. The Kier molecular flexibility index (Phi) is 2.76. The van der Waals surface area contributed by atoms with Crippen molar-refractivity contribution in [3.05, 3.63) is 64.5 Å². The normalized spacial score (nSPS) is 18.1. The number of fused-ring (bicyclic) bond motifs is 2. The van der Waals surface area contributed by atoms with Crippen molar-refractivity contribution in [2.75, 3.05) is 0 Å². The molecule has 100 valence electrons. The Morgan fingerprint density at radius 2 is 1.95 bits per heavy atom. The lowest BCUT2D eigenvalue weighted by molar-refractivity contribution is 0.395. The Hall–Kier alpha value is -1.84. The molecule has 0 radical (unpaired) electrons. The van der Waals surface area contributed by atoms with Crippen LogP contribution < -0.4 is 5.32 Å². The van der Waals surface area contributed by atoms with E-state index in [0.29, 0.717) is 16.5 Å². The number of hydrogen-bond acceptors (Lipinski definition) is 3. The number of benzene rings is 2. The number of oxazole rings is 1. The molecule has 0 amide bonds. The van der Waals surface area contributed by atoms with Crippen LogP contribution in [-0.4, -0.2) is 4.98 Å². The molecule has 4 heteroatoms. The highest BCUT2D eigenvalue weighted by molar-refractivity contribution is 6.34. The second-order valence-electron chi connectivity index (χ2n) is 5.05. The van der Waals surface area contributed by atoms with E-state index in [9.17, 15) is 0 Å². The van der Waals surface area contributed by atoms with Gasteiger partial charge < -0.3 is 9.73 Å². The van der Waals surface area contributed by atoms with Crippen molar-refractivity contribution in [1.82, 2.24) is 10.3 Å². The van der Waals surface area contributed by atoms with Gasteiger partial charge in [-0.1, -0.05) is 41.9 Å². The molecule has 0 aliphatic carbocycles. The van der Waals surface area contributed by atoms with Gasteiger partial charge in [-0.2, -0.15) is 0 Å². The van der Waals surface area contributed by atoms with Gasteiger partial charge in [0.15, 0.2) is 5.58 Å².